The van der Waals surface area contributed by atoms with E-state index in [0.29, 0.717) is 5.69 Å². The number of carbonyl (C=O) groups excluding carboxylic acids is 1. The fourth-order valence-electron chi connectivity index (χ4n) is 2.31. The third kappa shape index (κ3) is 1.86. The molecule has 0 amide bonds. The molecule has 0 N–H and O–H groups in total. The van der Waals surface area contributed by atoms with Crippen molar-refractivity contribution in [1.29, 1.82) is 0 Å². The largest absolute Gasteiger partial charge is 0.495 e. The Kier molecular flexibility index (Phi) is 2.99. The van der Waals surface area contributed by atoms with Crippen LogP contribution in [0, 0.1) is 6.92 Å². The number of carbonyl (C=O) groups is 1. The molecule has 0 bridgehead atoms. The minimum Gasteiger partial charge on any atom is -0.495 e. The van der Waals surface area contributed by atoms with Gasteiger partial charge < -0.3 is 4.74 Å². The number of hydrogen-bond acceptors (Lipinski definition) is 3. The van der Waals surface area contributed by atoms with E-state index in [9.17, 15) is 4.79 Å². The Morgan fingerprint density at radius 3 is 2.70 bits per heavy atom. The molecule has 100 valence electrons. The van der Waals surface area contributed by atoms with Gasteiger partial charge in [-0.25, -0.2) is 4.98 Å². The van der Waals surface area contributed by atoms with Crippen molar-refractivity contribution in [1.82, 2.24) is 9.38 Å². The van der Waals surface area contributed by atoms with E-state index in [0.717, 1.165) is 34.5 Å². The quantitative estimate of drug-likeness (QED) is 0.684. The molecule has 0 spiro atoms. The van der Waals surface area contributed by atoms with Crippen LogP contribution in [0.2, 0.25) is 0 Å². The molecule has 0 saturated carbocycles. The molecule has 0 fully saturated rings. The van der Waals surface area contributed by atoms with Crippen molar-refractivity contribution in [2.24, 2.45) is 0 Å². The molecule has 0 aliphatic rings. The maximum absolute atomic E-state index is 11.2. The molecule has 0 unspecified atom stereocenters. The van der Waals surface area contributed by atoms with Crippen molar-refractivity contribution < 1.29 is 9.53 Å². The van der Waals surface area contributed by atoms with Gasteiger partial charge in [-0.15, -0.1) is 0 Å². The van der Waals surface area contributed by atoms with Crippen LogP contribution in [0.3, 0.4) is 0 Å². The Labute approximate surface area is 116 Å². The van der Waals surface area contributed by atoms with Crippen LogP contribution < -0.4 is 4.74 Å². The number of pyridine rings is 1. The minimum absolute atomic E-state index is 0.436. The lowest BCUT2D eigenvalue weighted by Gasteiger charge is -2.06. The molecule has 20 heavy (non-hydrogen) atoms. The number of nitrogens with zero attached hydrogens (tertiary/aromatic N) is 2. The second-order valence-electron chi connectivity index (χ2n) is 4.58. The summed E-state index contributed by atoms with van der Waals surface area (Å²) in [5.41, 5.74) is 3.33. The molecule has 3 aromatic rings. The number of aryl methyl sites for hydroxylation is 1. The van der Waals surface area contributed by atoms with Gasteiger partial charge in [0.25, 0.3) is 0 Å². The number of imidazole rings is 1. The standard InChI is InChI=1S/C16H14N2O2/c1-11-5-3-4-6-13(11)16-17-14(10-19)15-8-7-12(20-2)9-18(15)16/h3-10H,1-2H3. The first-order chi connectivity index (χ1) is 9.74. The summed E-state index contributed by atoms with van der Waals surface area (Å²) in [5, 5.41) is 0. The van der Waals surface area contributed by atoms with Crippen molar-refractivity contribution in [3.63, 3.8) is 0 Å². The van der Waals surface area contributed by atoms with Crippen molar-refractivity contribution in [2.45, 2.75) is 6.92 Å². The molecule has 2 heterocycles. The fraction of sp³-hybridized carbons (Fsp3) is 0.125. The van der Waals surface area contributed by atoms with Crippen LogP contribution in [0.5, 0.6) is 5.75 Å². The number of aromatic nitrogens is 2. The van der Waals surface area contributed by atoms with Crippen molar-refractivity contribution in [3.8, 4) is 17.1 Å². The maximum Gasteiger partial charge on any atom is 0.170 e. The molecular weight excluding hydrogens is 252 g/mol. The van der Waals surface area contributed by atoms with Gasteiger partial charge in [-0.2, -0.15) is 0 Å². The monoisotopic (exact) mass is 266 g/mol. The number of methoxy groups -OCH3 is 1. The highest BCUT2D eigenvalue weighted by molar-refractivity contribution is 5.86. The van der Waals surface area contributed by atoms with Gasteiger partial charge in [0.15, 0.2) is 6.29 Å². The lowest BCUT2D eigenvalue weighted by molar-refractivity contribution is 0.112. The van der Waals surface area contributed by atoms with Gasteiger partial charge in [0.2, 0.25) is 0 Å². The number of ether oxygens (including phenoxy) is 1. The minimum atomic E-state index is 0.436. The molecular formula is C16H14N2O2. The summed E-state index contributed by atoms with van der Waals surface area (Å²) in [6.07, 6.45) is 2.63. The molecule has 4 heteroatoms. The van der Waals surface area contributed by atoms with E-state index in [2.05, 4.69) is 4.98 Å². The predicted molar refractivity (Wildman–Crippen MR) is 77.3 cm³/mol. The summed E-state index contributed by atoms with van der Waals surface area (Å²) in [4.78, 5) is 15.7. The van der Waals surface area contributed by atoms with E-state index in [1.165, 1.54) is 0 Å². The average molecular weight is 266 g/mol. The van der Waals surface area contributed by atoms with E-state index in [-0.39, 0.29) is 0 Å². The van der Waals surface area contributed by atoms with E-state index >= 15 is 0 Å². The lowest BCUT2D eigenvalue weighted by Crippen LogP contribution is -1.93. The SMILES string of the molecule is COc1ccc2c(C=O)nc(-c3ccccc3C)n2c1. The summed E-state index contributed by atoms with van der Waals surface area (Å²) in [6.45, 7) is 2.02. The highest BCUT2D eigenvalue weighted by Crippen LogP contribution is 2.26. The van der Waals surface area contributed by atoms with Gasteiger partial charge in [0, 0.05) is 5.56 Å². The summed E-state index contributed by atoms with van der Waals surface area (Å²) in [6, 6.07) is 11.6. The summed E-state index contributed by atoms with van der Waals surface area (Å²) in [5.74, 6) is 1.47. The zero-order chi connectivity index (χ0) is 14.1. The molecule has 3 rings (SSSR count). The first kappa shape index (κ1) is 12.4. The Balaban J connectivity index is 2.35. The van der Waals surface area contributed by atoms with Crippen LogP contribution in [0.15, 0.2) is 42.6 Å². The van der Waals surface area contributed by atoms with Crippen LogP contribution in [-0.2, 0) is 0 Å². The van der Waals surface area contributed by atoms with Crippen LogP contribution in [-0.4, -0.2) is 22.8 Å². The zero-order valence-electron chi connectivity index (χ0n) is 11.3. The third-order valence-corrected chi connectivity index (χ3v) is 3.37. The number of fused-ring (bicyclic) bond motifs is 1. The Bertz CT molecular complexity index is 790. The zero-order valence-corrected chi connectivity index (χ0v) is 11.3. The van der Waals surface area contributed by atoms with Gasteiger partial charge in [0.1, 0.15) is 17.3 Å². The molecule has 0 radical (unpaired) electrons. The molecule has 0 aliphatic heterocycles. The second-order valence-corrected chi connectivity index (χ2v) is 4.58. The second kappa shape index (κ2) is 4.81. The average Bonchev–Trinajstić information content (AvgIpc) is 2.85. The summed E-state index contributed by atoms with van der Waals surface area (Å²) in [7, 11) is 1.62. The third-order valence-electron chi connectivity index (χ3n) is 3.37. The van der Waals surface area contributed by atoms with E-state index < -0.39 is 0 Å². The number of benzene rings is 1. The fourth-order valence-corrected chi connectivity index (χ4v) is 2.31. The van der Waals surface area contributed by atoms with E-state index in [4.69, 9.17) is 4.74 Å². The van der Waals surface area contributed by atoms with Crippen LogP contribution >= 0.6 is 0 Å². The van der Waals surface area contributed by atoms with Crippen molar-refractivity contribution in [3.05, 3.63) is 53.9 Å². The Morgan fingerprint density at radius 2 is 2.00 bits per heavy atom. The lowest BCUT2D eigenvalue weighted by atomic mass is 10.1. The van der Waals surface area contributed by atoms with E-state index in [1.54, 1.807) is 7.11 Å². The van der Waals surface area contributed by atoms with Gasteiger partial charge in [-0.1, -0.05) is 24.3 Å². The number of rotatable bonds is 3. The predicted octanol–water partition coefficient (Wildman–Crippen LogP) is 3.13. The molecule has 2 aromatic heterocycles. The van der Waals surface area contributed by atoms with Gasteiger partial charge >= 0.3 is 0 Å². The molecule has 0 saturated heterocycles. The topological polar surface area (TPSA) is 43.6 Å². The first-order valence-electron chi connectivity index (χ1n) is 6.32. The maximum atomic E-state index is 11.2. The molecule has 0 atom stereocenters. The Hall–Kier alpha value is -2.62. The highest BCUT2D eigenvalue weighted by Gasteiger charge is 2.14. The van der Waals surface area contributed by atoms with Crippen LogP contribution in [0.25, 0.3) is 16.9 Å². The summed E-state index contributed by atoms with van der Waals surface area (Å²) < 4.78 is 7.14. The molecule has 4 nitrogen and oxygen atoms in total. The van der Waals surface area contributed by atoms with Gasteiger partial charge in [-0.05, 0) is 24.6 Å². The summed E-state index contributed by atoms with van der Waals surface area (Å²) >= 11 is 0. The van der Waals surface area contributed by atoms with Gasteiger partial charge in [-0.3, -0.25) is 9.20 Å². The van der Waals surface area contributed by atoms with Crippen molar-refractivity contribution >= 4 is 11.8 Å². The number of hydrogen-bond donors (Lipinski definition) is 0. The van der Waals surface area contributed by atoms with Crippen LogP contribution in [0.4, 0.5) is 0 Å². The Morgan fingerprint density at radius 1 is 1.20 bits per heavy atom. The van der Waals surface area contributed by atoms with Crippen LogP contribution in [0.1, 0.15) is 16.1 Å². The van der Waals surface area contributed by atoms with E-state index in [1.807, 2.05) is 53.9 Å². The highest BCUT2D eigenvalue weighted by atomic mass is 16.5. The number of aldehydes is 1. The molecule has 0 aliphatic carbocycles. The smallest absolute Gasteiger partial charge is 0.170 e. The first-order valence-corrected chi connectivity index (χ1v) is 6.32. The van der Waals surface area contributed by atoms with Gasteiger partial charge in [0.05, 0.1) is 18.8 Å². The normalized spacial score (nSPS) is 10.7. The van der Waals surface area contributed by atoms with Crippen molar-refractivity contribution in [2.75, 3.05) is 7.11 Å². The molecule has 1 aromatic carbocycles.